The molecule has 0 aliphatic carbocycles. The average molecular weight is 475 g/mol. The molecule has 2 heterocycles. The number of nitrogens with zero attached hydrogens (tertiary/aromatic N) is 3. The number of pyridine rings is 1. The fourth-order valence-electron chi connectivity index (χ4n) is 2.71. The highest BCUT2D eigenvalue weighted by molar-refractivity contribution is 14.1. The minimum atomic E-state index is -0.467. The number of ether oxygens (including phenoxy) is 2. The molecular formula is C19H30IN3O3. The van der Waals surface area contributed by atoms with Gasteiger partial charge in [-0.25, -0.2) is 9.78 Å². The summed E-state index contributed by atoms with van der Waals surface area (Å²) in [5, 5.41) is 0. The van der Waals surface area contributed by atoms with Crippen LogP contribution >= 0.6 is 22.6 Å². The zero-order valence-electron chi connectivity index (χ0n) is 16.3. The lowest BCUT2D eigenvalue weighted by atomic mass is 10.2. The first-order chi connectivity index (χ1) is 12.3. The second kappa shape index (κ2) is 9.62. The van der Waals surface area contributed by atoms with Crippen molar-refractivity contribution in [3.05, 3.63) is 15.8 Å². The fourth-order valence-corrected chi connectivity index (χ4v) is 3.12. The number of aromatic nitrogens is 1. The summed E-state index contributed by atoms with van der Waals surface area (Å²) in [5.41, 5.74) is -0.467. The Morgan fingerprint density at radius 3 is 2.50 bits per heavy atom. The second-order valence-corrected chi connectivity index (χ2v) is 8.57. The predicted molar refractivity (Wildman–Crippen MR) is 112 cm³/mol. The van der Waals surface area contributed by atoms with Gasteiger partial charge in [-0.2, -0.15) is 0 Å². The molecule has 0 saturated carbocycles. The van der Waals surface area contributed by atoms with Gasteiger partial charge in [0, 0.05) is 26.2 Å². The van der Waals surface area contributed by atoms with Gasteiger partial charge in [0.2, 0.25) is 0 Å². The van der Waals surface area contributed by atoms with Crippen molar-refractivity contribution in [2.45, 2.75) is 52.6 Å². The standard InChI is InChI=1S/C19H30IN3O3/c1-5-6-7-14-25-15-8-9-16(20)21-17(15)22-10-12-23(13-11-22)18(24)26-19(2,3)4/h8-9H,5-7,10-14H2,1-4H3. The van der Waals surface area contributed by atoms with Crippen molar-refractivity contribution in [3.8, 4) is 5.75 Å². The molecule has 0 N–H and O–H groups in total. The van der Waals surface area contributed by atoms with E-state index in [1.165, 1.54) is 12.8 Å². The summed E-state index contributed by atoms with van der Waals surface area (Å²) in [6, 6.07) is 3.96. The van der Waals surface area contributed by atoms with Crippen molar-refractivity contribution in [1.82, 2.24) is 9.88 Å². The highest BCUT2D eigenvalue weighted by Gasteiger charge is 2.27. The van der Waals surface area contributed by atoms with Crippen LogP contribution < -0.4 is 9.64 Å². The molecule has 1 aromatic rings. The van der Waals surface area contributed by atoms with Crippen LogP contribution in [-0.4, -0.2) is 54.4 Å². The second-order valence-electron chi connectivity index (χ2n) is 7.47. The summed E-state index contributed by atoms with van der Waals surface area (Å²) in [4.78, 5) is 20.9. The quantitative estimate of drug-likeness (QED) is 0.349. The van der Waals surface area contributed by atoms with Crippen molar-refractivity contribution in [2.24, 2.45) is 0 Å². The lowest BCUT2D eigenvalue weighted by molar-refractivity contribution is 0.0240. The Kier molecular flexibility index (Phi) is 7.79. The van der Waals surface area contributed by atoms with E-state index < -0.39 is 5.60 Å². The van der Waals surface area contributed by atoms with Gasteiger partial charge in [-0.1, -0.05) is 19.8 Å². The van der Waals surface area contributed by atoms with Crippen LogP contribution in [0.15, 0.2) is 12.1 Å². The Labute approximate surface area is 170 Å². The van der Waals surface area contributed by atoms with E-state index in [9.17, 15) is 4.79 Å². The molecule has 0 aromatic carbocycles. The summed E-state index contributed by atoms with van der Waals surface area (Å²) in [6.07, 6.45) is 3.15. The number of hydrogen-bond donors (Lipinski definition) is 0. The molecule has 26 heavy (non-hydrogen) atoms. The number of hydrogen-bond acceptors (Lipinski definition) is 5. The fraction of sp³-hybridized carbons (Fsp3) is 0.684. The van der Waals surface area contributed by atoms with Crippen LogP contribution in [-0.2, 0) is 4.74 Å². The number of amides is 1. The van der Waals surface area contributed by atoms with E-state index in [1.54, 1.807) is 4.90 Å². The van der Waals surface area contributed by atoms with Crippen LogP contribution in [0.25, 0.3) is 0 Å². The number of carbonyl (C=O) groups is 1. The Morgan fingerprint density at radius 1 is 1.19 bits per heavy atom. The Morgan fingerprint density at radius 2 is 1.88 bits per heavy atom. The van der Waals surface area contributed by atoms with Crippen molar-refractivity contribution in [1.29, 1.82) is 0 Å². The molecule has 1 fully saturated rings. The van der Waals surface area contributed by atoms with Gasteiger partial charge in [-0.05, 0) is 61.9 Å². The smallest absolute Gasteiger partial charge is 0.410 e. The number of unbranched alkanes of at least 4 members (excludes halogenated alkanes) is 2. The Hall–Kier alpha value is -1.25. The van der Waals surface area contributed by atoms with E-state index in [0.717, 1.165) is 34.8 Å². The van der Waals surface area contributed by atoms with E-state index in [-0.39, 0.29) is 6.09 Å². The lowest BCUT2D eigenvalue weighted by Gasteiger charge is -2.36. The third-order valence-electron chi connectivity index (χ3n) is 4.04. The largest absolute Gasteiger partial charge is 0.490 e. The molecular weight excluding hydrogens is 445 g/mol. The molecule has 0 bridgehead atoms. The highest BCUT2D eigenvalue weighted by atomic mass is 127. The maximum atomic E-state index is 12.2. The van der Waals surface area contributed by atoms with Gasteiger partial charge in [-0.15, -0.1) is 0 Å². The first-order valence-corrected chi connectivity index (χ1v) is 10.4. The van der Waals surface area contributed by atoms with Crippen LogP contribution in [0.2, 0.25) is 0 Å². The van der Waals surface area contributed by atoms with E-state index in [4.69, 9.17) is 9.47 Å². The number of piperazine rings is 1. The third kappa shape index (κ3) is 6.48. The van der Waals surface area contributed by atoms with E-state index in [2.05, 4.69) is 39.4 Å². The van der Waals surface area contributed by atoms with Crippen LogP contribution in [0.5, 0.6) is 5.75 Å². The maximum absolute atomic E-state index is 12.2. The number of carbonyl (C=O) groups excluding carboxylic acids is 1. The zero-order chi connectivity index (χ0) is 19.2. The molecule has 0 unspecified atom stereocenters. The van der Waals surface area contributed by atoms with Gasteiger partial charge in [0.15, 0.2) is 11.6 Å². The Balaban J connectivity index is 1.97. The molecule has 1 aliphatic heterocycles. The van der Waals surface area contributed by atoms with Gasteiger partial charge in [-0.3, -0.25) is 0 Å². The van der Waals surface area contributed by atoms with E-state index in [1.807, 2.05) is 32.9 Å². The summed E-state index contributed by atoms with van der Waals surface area (Å²) < 4.78 is 12.4. The Bertz CT molecular complexity index is 596. The minimum absolute atomic E-state index is 0.246. The number of halogens is 1. The maximum Gasteiger partial charge on any atom is 0.410 e. The normalized spacial score (nSPS) is 15.1. The lowest BCUT2D eigenvalue weighted by Crippen LogP contribution is -2.50. The highest BCUT2D eigenvalue weighted by Crippen LogP contribution is 2.28. The van der Waals surface area contributed by atoms with E-state index >= 15 is 0 Å². The summed E-state index contributed by atoms with van der Waals surface area (Å²) in [7, 11) is 0. The zero-order valence-corrected chi connectivity index (χ0v) is 18.4. The SMILES string of the molecule is CCCCCOc1ccc(I)nc1N1CCN(C(=O)OC(C)(C)C)CC1. The van der Waals surface area contributed by atoms with E-state index in [0.29, 0.717) is 19.7 Å². The van der Waals surface area contributed by atoms with Crippen LogP contribution in [0.1, 0.15) is 47.0 Å². The summed E-state index contributed by atoms with van der Waals surface area (Å²) in [5.74, 6) is 1.70. The molecule has 1 aromatic heterocycles. The van der Waals surface area contributed by atoms with Crippen molar-refractivity contribution < 1.29 is 14.3 Å². The third-order valence-corrected chi connectivity index (χ3v) is 4.64. The van der Waals surface area contributed by atoms with Gasteiger partial charge in [0.05, 0.1) is 6.61 Å². The van der Waals surface area contributed by atoms with Crippen molar-refractivity contribution in [3.63, 3.8) is 0 Å². The number of rotatable bonds is 6. The molecule has 1 saturated heterocycles. The molecule has 1 amide bonds. The molecule has 0 atom stereocenters. The summed E-state index contributed by atoms with van der Waals surface area (Å²) in [6.45, 7) is 11.2. The number of anilines is 1. The molecule has 0 radical (unpaired) electrons. The molecule has 0 spiro atoms. The molecule has 146 valence electrons. The molecule has 2 rings (SSSR count). The average Bonchev–Trinajstić information content (AvgIpc) is 2.58. The van der Waals surface area contributed by atoms with Crippen LogP contribution in [0, 0.1) is 3.70 Å². The first-order valence-electron chi connectivity index (χ1n) is 9.32. The first kappa shape index (κ1) is 21.1. The summed E-state index contributed by atoms with van der Waals surface area (Å²) >= 11 is 2.22. The molecule has 7 heteroatoms. The van der Waals surface area contributed by atoms with Gasteiger partial charge >= 0.3 is 6.09 Å². The topological polar surface area (TPSA) is 54.9 Å². The molecule has 6 nitrogen and oxygen atoms in total. The van der Waals surface area contributed by atoms with Gasteiger partial charge in [0.1, 0.15) is 9.30 Å². The predicted octanol–water partition coefficient (Wildman–Crippen LogP) is 4.31. The van der Waals surface area contributed by atoms with Crippen LogP contribution in [0.4, 0.5) is 10.6 Å². The van der Waals surface area contributed by atoms with Gasteiger partial charge in [0.25, 0.3) is 0 Å². The monoisotopic (exact) mass is 475 g/mol. The van der Waals surface area contributed by atoms with Crippen molar-refractivity contribution >= 4 is 34.5 Å². The van der Waals surface area contributed by atoms with Crippen LogP contribution in [0.3, 0.4) is 0 Å². The van der Waals surface area contributed by atoms with Gasteiger partial charge < -0.3 is 19.3 Å². The van der Waals surface area contributed by atoms with Crippen molar-refractivity contribution in [2.75, 3.05) is 37.7 Å². The minimum Gasteiger partial charge on any atom is -0.490 e. The molecule has 1 aliphatic rings.